The van der Waals surface area contributed by atoms with Gasteiger partial charge in [0.1, 0.15) is 5.82 Å². The summed E-state index contributed by atoms with van der Waals surface area (Å²) in [6.45, 7) is 4.66. The lowest BCUT2D eigenvalue weighted by Crippen LogP contribution is -2.27. The number of carbonyl (C=O) groups is 1. The van der Waals surface area contributed by atoms with Gasteiger partial charge in [-0.05, 0) is 44.2 Å². The van der Waals surface area contributed by atoms with Gasteiger partial charge in [-0.2, -0.15) is 18.3 Å². The van der Waals surface area contributed by atoms with Crippen LogP contribution in [0.4, 0.5) is 35.2 Å². The van der Waals surface area contributed by atoms with Gasteiger partial charge in [0.15, 0.2) is 11.5 Å². The van der Waals surface area contributed by atoms with E-state index in [1.807, 2.05) is 0 Å². The van der Waals surface area contributed by atoms with E-state index in [2.05, 4.69) is 25.7 Å². The first-order valence-corrected chi connectivity index (χ1v) is 9.64. The van der Waals surface area contributed by atoms with E-state index in [-0.39, 0.29) is 23.6 Å². The fourth-order valence-corrected chi connectivity index (χ4v) is 3.17. The lowest BCUT2D eigenvalue weighted by molar-refractivity contribution is -0.140. The number of urea groups is 1. The topological polar surface area (TPSA) is 88.0 Å². The molecule has 0 aliphatic carbocycles. The van der Waals surface area contributed by atoms with Crippen LogP contribution in [0, 0.1) is 0 Å². The first-order chi connectivity index (χ1) is 14.7. The maximum absolute atomic E-state index is 13.4. The molecule has 0 unspecified atom stereocenters. The minimum atomic E-state index is -4.60. The summed E-state index contributed by atoms with van der Waals surface area (Å²) in [5, 5.41) is 9.11. The van der Waals surface area contributed by atoms with Crippen molar-refractivity contribution in [1.82, 2.24) is 25.1 Å². The van der Waals surface area contributed by atoms with Crippen LogP contribution in [0.15, 0.2) is 42.7 Å². The summed E-state index contributed by atoms with van der Waals surface area (Å²) in [7, 11) is 0. The number of rotatable bonds is 5. The summed E-state index contributed by atoms with van der Waals surface area (Å²) in [5.41, 5.74) is 0.223. The van der Waals surface area contributed by atoms with Gasteiger partial charge < -0.3 is 10.6 Å². The van der Waals surface area contributed by atoms with Crippen LogP contribution < -0.4 is 15.5 Å². The van der Waals surface area contributed by atoms with Gasteiger partial charge in [0, 0.05) is 42.8 Å². The number of amides is 2. The first kappa shape index (κ1) is 20.6. The molecule has 1 aromatic carbocycles. The largest absolute Gasteiger partial charge is 0.437 e. The molecule has 31 heavy (non-hydrogen) atoms. The van der Waals surface area contributed by atoms with Crippen molar-refractivity contribution < 1.29 is 18.0 Å². The molecule has 8 nitrogen and oxygen atoms in total. The van der Waals surface area contributed by atoms with E-state index in [4.69, 9.17) is 0 Å². The van der Waals surface area contributed by atoms with Crippen LogP contribution in [0.25, 0.3) is 11.4 Å². The van der Waals surface area contributed by atoms with Crippen molar-refractivity contribution in [3.8, 4) is 11.4 Å². The average Bonchev–Trinajstić information content (AvgIpc) is 3.35. The van der Waals surface area contributed by atoms with E-state index in [0.717, 1.165) is 5.69 Å². The smallest absolute Gasteiger partial charge is 0.337 e. The molecule has 0 spiro atoms. The number of hydrogen-bond acceptors (Lipinski definition) is 5. The Bertz CT molecular complexity index is 1090. The summed E-state index contributed by atoms with van der Waals surface area (Å²) < 4.78 is 41.4. The molecule has 3 aromatic rings. The summed E-state index contributed by atoms with van der Waals surface area (Å²) in [5.74, 6) is 0.550. The van der Waals surface area contributed by atoms with Crippen molar-refractivity contribution >= 4 is 23.2 Å². The lowest BCUT2D eigenvalue weighted by atomic mass is 10.2. The van der Waals surface area contributed by atoms with Gasteiger partial charge in [0.2, 0.25) is 0 Å². The number of alkyl halides is 3. The number of benzene rings is 1. The third kappa shape index (κ3) is 4.30. The number of nitrogens with one attached hydrogen (secondary N) is 2. The number of carbonyl (C=O) groups excluding carboxylic acids is 1. The van der Waals surface area contributed by atoms with E-state index in [1.54, 1.807) is 43.0 Å². The number of hydrogen-bond donors (Lipinski definition) is 2. The standard InChI is InChI=1S/C20H20F3N7O/c1-12(2)30-11-15(17(28-30)20(21,22)23)26-16-7-8-24-18(27-16)13-3-5-14(6-4-13)29-10-9-25-19(29)31/h3-8,11-12H,9-10H2,1-2H3,(H,25,31)(H,24,26,27). The number of aromatic nitrogens is 4. The van der Waals surface area contributed by atoms with Gasteiger partial charge in [-0.25, -0.2) is 14.8 Å². The highest BCUT2D eigenvalue weighted by Crippen LogP contribution is 2.35. The molecular weight excluding hydrogens is 411 g/mol. The van der Waals surface area contributed by atoms with E-state index in [0.29, 0.717) is 24.5 Å². The molecule has 1 fully saturated rings. The predicted octanol–water partition coefficient (Wildman–Crippen LogP) is 4.21. The van der Waals surface area contributed by atoms with Crippen molar-refractivity contribution in [3.63, 3.8) is 0 Å². The van der Waals surface area contributed by atoms with Gasteiger partial charge in [0.25, 0.3) is 0 Å². The zero-order chi connectivity index (χ0) is 22.2. The molecular formula is C20H20F3N7O. The molecule has 1 aliphatic rings. The van der Waals surface area contributed by atoms with Gasteiger partial charge in [-0.3, -0.25) is 9.58 Å². The molecule has 1 saturated heterocycles. The van der Waals surface area contributed by atoms with Crippen molar-refractivity contribution in [1.29, 1.82) is 0 Å². The second-order valence-electron chi connectivity index (χ2n) is 7.28. The van der Waals surface area contributed by atoms with Gasteiger partial charge >= 0.3 is 12.2 Å². The maximum atomic E-state index is 13.4. The second kappa shape index (κ2) is 7.89. The van der Waals surface area contributed by atoms with E-state index in [9.17, 15) is 18.0 Å². The van der Waals surface area contributed by atoms with E-state index < -0.39 is 11.9 Å². The molecule has 1 aliphatic heterocycles. The Kier molecular flexibility index (Phi) is 5.25. The lowest BCUT2D eigenvalue weighted by Gasteiger charge is -2.14. The van der Waals surface area contributed by atoms with Crippen LogP contribution in [0.3, 0.4) is 0 Å². The van der Waals surface area contributed by atoms with Crippen molar-refractivity contribution in [3.05, 3.63) is 48.4 Å². The Balaban J connectivity index is 1.59. The first-order valence-electron chi connectivity index (χ1n) is 9.64. The highest BCUT2D eigenvalue weighted by Gasteiger charge is 2.37. The van der Waals surface area contributed by atoms with Crippen LogP contribution in [0.5, 0.6) is 0 Å². The molecule has 2 N–H and O–H groups in total. The molecule has 11 heteroatoms. The summed E-state index contributed by atoms with van der Waals surface area (Å²) in [6, 6.07) is 8.18. The quantitative estimate of drug-likeness (QED) is 0.632. The fourth-order valence-electron chi connectivity index (χ4n) is 3.17. The van der Waals surface area contributed by atoms with E-state index >= 15 is 0 Å². The van der Waals surface area contributed by atoms with Crippen molar-refractivity contribution in [2.75, 3.05) is 23.3 Å². The fraction of sp³-hybridized carbons (Fsp3) is 0.300. The van der Waals surface area contributed by atoms with Crippen molar-refractivity contribution in [2.45, 2.75) is 26.1 Å². The minimum absolute atomic E-state index is 0.155. The number of anilines is 3. The van der Waals surface area contributed by atoms with Gasteiger partial charge in [-0.15, -0.1) is 0 Å². The molecule has 0 radical (unpaired) electrons. The average molecular weight is 431 g/mol. The van der Waals surface area contributed by atoms with Gasteiger partial charge in [-0.1, -0.05) is 0 Å². The highest BCUT2D eigenvalue weighted by atomic mass is 19.4. The van der Waals surface area contributed by atoms with Crippen molar-refractivity contribution in [2.24, 2.45) is 0 Å². The predicted molar refractivity (Wildman–Crippen MR) is 109 cm³/mol. The number of halogens is 3. The Morgan fingerprint density at radius 2 is 1.90 bits per heavy atom. The molecule has 2 aromatic heterocycles. The molecule has 0 bridgehead atoms. The van der Waals surface area contributed by atoms with Crippen LogP contribution in [0.2, 0.25) is 0 Å². The highest BCUT2D eigenvalue weighted by molar-refractivity contribution is 5.94. The van der Waals surface area contributed by atoms with E-state index in [1.165, 1.54) is 23.1 Å². The normalized spacial score (nSPS) is 14.3. The molecule has 3 heterocycles. The summed E-state index contributed by atoms with van der Waals surface area (Å²) in [6.07, 6.45) is -1.83. The Morgan fingerprint density at radius 1 is 1.16 bits per heavy atom. The summed E-state index contributed by atoms with van der Waals surface area (Å²) in [4.78, 5) is 22.0. The van der Waals surface area contributed by atoms with Crippen LogP contribution in [-0.4, -0.2) is 38.9 Å². The Hall–Kier alpha value is -3.63. The molecule has 0 saturated carbocycles. The minimum Gasteiger partial charge on any atom is -0.337 e. The van der Waals surface area contributed by atoms with Gasteiger partial charge in [0.05, 0.1) is 5.69 Å². The summed E-state index contributed by atoms with van der Waals surface area (Å²) >= 11 is 0. The van der Waals surface area contributed by atoms with Crippen LogP contribution >= 0.6 is 0 Å². The Morgan fingerprint density at radius 3 is 2.52 bits per heavy atom. The number of nitrogens with zero attached hydrogens (tertiary/aromatic N) is 5. The third-order valence-electron chi connectivity index (χ3n) is 4.74. The Labute approximate surface area is 176 Å². The SMILES string of the molecule is CC(C)n1cc(Nc2ccnc(-c3ccc(N4CCNC4=O)cc3)n2)c(C(F)(F)F)n1. The molecule has 162 valence electrons. The maximum Gasteiger partial charge on any atom is 0.437 e. The monoisotopic (exact) mass is 431 g/mol. The van der Waals surface area contributed by atoms with Crippen LogP contribution in [0.1, 0.15) is 25.6 Å². The zero-order valence-electron chi connectivity index (χ0n) is 16.8. The molecule has 4 rings (SSSR count). The van der Waals surface area contributed by atoms with Crippen LogP contribution in [-0.2, 0) is 6.18 Å². The zero-order valence-corrected chi connectivity index (χ0v) is 16.8. The second-order valence-corrected chi connectivity index (χ2v) is 7.28. The molecule has 2 amide bonds. The molecule has 0 atom stereocenters. The third-order valence-corrected chi connectivity index (χ3v) is 4.74.